The quantitative estimate of drug-likeness (QED) is 0.239. The van der Waals surface area contributed by atoms with E-state index in [1.54, 1.807) is 47.4 Å². The lowest BCUT2D eigenvalue weighted by molar-refractivity contribution is -0.133. The first kappa shape index (κ1) is 26.9. The lowest BCUT2D eigenvalue weighted by Crippen LogP contribution is -2.44. The SMILES string of the molecule is O=C(O)c1cc2cc(NC(=O)[C@H]3[C@H](c4ccccc4)CCN3C(=O)/C=C/c3cc(Cl)ccc3-n3cnnn3)ccc2[nH]1. The van der Waals surface area contributed by atoms with Crippen molar-refractivity contribution >= 4 is 52.1 Å². The van der Waals surface area contributed by atoms with E-state index in [4.69, 9.17) is 11.6 Å². The van der Waals surface area contributed by atoms with Crippen molar-refractivity contribution in [3.8, 4) is 5.69 Å². The Morgan fingerprint density at radius 3 is 2.64 bits per heavy atom. The zero-order chi connectivity index (χ0) is 29.2. The van der Waals surface area contributed by atoms with E-state index in [-0.39, 0.29) is 23.4 Å². The molecule has 11 nitrogen and oxygen atoms in total. The van der Waals surface area contributed by atoms with Gasteiger partial charge >= 0.3 is 5.97 Å². The maximum absolute atomic E-state index is 13.8. The Hall–Kier alpha value is -5.29. The fraction of sp³-hybridized carbons (Fsp3) is 0.133. The van der Waals surface area contributed by atoms with Gasteiger partial charge in [0.05, 0.1) is 5.69 Å². The van der Waals surface area contributed by atoms with Crippen molar-refractivity contribution in [3.05, 3.63) is 107 Å². The van der Waals surface area contributed by atoms with Gasteiger partial charge in [-0.3, -0.25) is 9.59 Å². The number of hydrogen-bond donors (Lipinski definition) is 3. The summed E-state index contributed by atoms with van der Waals surface area (Å²) in [5, 5.41) is 24.6. The number of aromatic amines is 1. The van der Waals surface area contributed by atoms with Gasteiger partial charge in [0.15, 0.2) is 0 Å². The van der Waals surface area contributed by atoms with Gasteiger partial charge in [-0.15, -0.1) is 5.10 Å². The van der Waals surface area contributed by atoms with Gasteiger partial charge in [0.2, 0.25) is 11.8 Å². The summed E-state index contributed by atoms with van der Waals surface area (Å²) in [6, 6.07) is 20.6. The molecular formula is C30H24ClN7O4. The van der Waals surface area contributed by atoms with E-state index >= 15 is 0 Å². The number of anilines is 1. The van der Waals surface area contributed by atoms with Crippen LogP contribution in [0.15, 0.2) is 85.2 Å². The van der Waals surface area contributed by atoms with Crippen LogP contribution in [0.3, 0.4) is 0 Å². The minimum Gasteiger partial charge on any atom is -0.477 e. The number of benzene rings is 3. The molecular weight excluding hydrogens is 558 g/mol. The van der Waals surface area contributed by atoms with E-state index in [0.29, 0.717) is 45.8 Å². The molecule has 0 unspecified atom stereocenters. The van der Waals surface area contributed by atoms with Crippen LogP contribution in [0.4, 0.5) is 5.69 Å². The van der Waals surface area contributed by atoms with Crippen LogP contribution in [0, 0.1) is 0 Å². The van der Waals surface area contributed by atoms with Crippen molar-refractivity contribution in [2.75, 3.05) is 11.9 Å². The third kappa shape index (κ3) is 5.37. The Labute approximate surface area is 244 Å². The molecule has 3 aromatic carbocycles. The van der Waals surface area contributed by atoms with Gasteiger partial charge in [0, 0.05) is 45.7 Å². The van der Waals surface area contributed by atoms with Crippen LogP contribution in [0.1, 0.15) is 34.0 Å². The number of carboxylic acids is 1. The number of nitrogens with zero attached hydrogens (tertiary/aromatic N) is 5. The third-order valence-electron chi connectivity index (χ3n) is 7.29. The molecule has 0 spiro atoms. The van der Waals surface area contributed by atoms with E-state index in [9.17, 15) is 19.5 Å². The number of tetrazole rings is 1. The Balaban J connectivity index is 1.29. The van der Waals surface area contributed by atoms with Crippen molar-refractivity contribution < 1.29 is 19.5 Å². The number of carbonyl (C=O) groups is 3. The number of carbonyl (C=O) groups excluding carboxylic acids is 2. The molecule has 1 fully saturated rings. The second kappa shape index (κ2) is 11.3. The normalized spacial score (nSPS) is 16.7. The van der Waals surface area contributed by atoms with Crippen LogP contribution in [-0.4, -0.2) is 65.6 Å². The van der Waals surface area contributed by atoms with Crippen LogP contribution < -0.4 is 5.32 Å². The van der Waals surface area contributed by atoms with Crippen LogP contribution in [0.5, 0.6) is 0 Å². The summed E-state index contributed by atoms with van der Waals surface area (Å²) in [4.78, 5) is 43.2. The average molecular weight is 582 g/mol. The van der Waals surface area contributed by atoms with E-state index < -0.39 is 12.0 Å². The number of nitrogens with one attached hydrogen (secondary N) is 2. The molecule has 2 atom stereocenters. The minimum atomic E-state index is -1.07. The molecule has 0 aliphatic carbocycles. The Morgan fingerprint density at radius 1 is 1.05 bits per heavy atom. The van der Waals surface area contributed by atoms with Gasteiger partial charge < -0.3 is 20.3 Å². The maximum Gasteiger partial charge on any atom is 0.352 e. The number of rotatable bonds is 7. The number of aromatic carboxylic acids is 1. The summed E-state index contributed by atoms with van der Waals surface area (Å²) in [5.74, 6) is -1.96. The summed E-state index contributed by atoms with van der Waals surface area (Å²) in [6.45, 7) is 0.384. The van der Waals surface area contributed by atoms with Gasteiger partial charge in [-0.05, 0) is 71.0 Å². The van der Waals surface area contributed by atoms with Crippen molar-refractivity contribution in [2.45, 2.75) is 18.4 Å². The number of carboxylic acid groups (broad SMARTS) is 1. The molecule has 42 heavy (non-hydrogen) atoms. The highest BCUT2D eigenvalue weighted by molar-refractivity contribution is 6.30. The zero-order valence-electron chi connectivity index (χ0n) is 22.0. The zero-order valence-corrected chi connectivity index (χ0v) is 22.8. The molecule has 12 heteroatoms. The first-order chi connectivity index (χ1) is 20.4. The number of fused-ring (bicyclic) bond motifs is 1. The molecule has 1 saturated heterocycles. The van der Waals surface area contributed by atoms with Gasteiger partial charge in [0.25, 0.3) is 0 Å². The van der Waals surface area contributed by atoms with Crippen LogP contribution >= 0.6 is 11.6 Å². The predicted octanol–water partition coefficient (Wildman–Crippen LogP) is 4.53. The number of hydrogen-bond acceptors (Lipinski definition) is 6. The monoisotopic (exact) mass is 581 g/mol. The molecule has 2 aromatic heterocycles. The molecule has 5 aromatic rings. The number of H-pyrrole nitrogens is 1. The van der Waals surface area contributed by atoms with Crippen LogP contribution in [-0.2, 0) is 9.59 Å². The molecule has 210 valence electrons. The molecule has 3 heterocycles. The predicted molar refractivity (Wildman–Crippen MR) is 156 cm³/mol. The van der Waals surface area contributed by atoms with Crippen molar-refractivity contribution in [1.82, 2.24) is 30.1 Å². The Morgan fingerprint density at radius 2 is 1.88 bits per heavy atom. The second-order valence-electron chi connectivity index (χ2n) is 9.85. The number of aromatic nitrogens is 5. The minimum absolute atomic E-state index is 0.0555. The van der Waals surface area contributed by atoms with E-state index in [1.165, 1.54) is 23.2 Å². The number of amides is 2. The first-order valence-corrected chi connectivity index (χ1v) is 13.5. The number of halogens is 1. The smallest absolute Gasteiger partial charge is 0.352 e. The molecule has 0 bridgehead atoms. The molecule has 3 N–H and O–H groups in total. The highest BCUT2D eigenvalue weighted by Gasteiger charge is 2.42. The van der Waals surface area contributed by atoms with Crippen molar-refractivity contribution in [1.29, 1.82) is 0 Å². The summed E-state index contributed by atoms with van der Waals surface area (Å²) in [7, 11) is 0. The molecule has 0 radical (unpaired) electrons. The molecule has 1 aliphatic rings. The maximum atomic E-state index is 13.8. The largest absolute Gasteiger partial charge is 0.477 e. The van der Waals surface area contributed by atoms with E-state index in [0.717, 1.165) is 5.56 Å². The van der Waals surface area contributed by atoms with Gasteiger partial charge in [-0.2, -0.15) is 4.68 Å². The fourth-order valence-electron chi connectivity index (χ4n) is 5.35. The number of likely N-dealkylation sites (tertiary alicyclic amines) is 1. The van der Waals surface area contributed by atoms with Crippen LogP contribution in [0.2, 0.25) is 5.02 Å². The van der Waals surface area contributed by atoms with E-state index in [1.807, 2.05) is 30.3 Å². The highest BCUT2D eigenvalue weighted by atomic mass is 35.5. The summed E-state index contributed by atoms with van der Waals surface area (Å²) in [6.07, 6.45) is 5.11. The molecule has 6 rings (SSSR count). The van der Waals surface area contributed by atoms with Crippen molar-refractivity contribution in [2.24, 2.45) is 0 Å². The Kier molecular flexibility index (Phi) is 7.24. The van der Waals surface area contributed by atoms with Gasteiger partial charge in [0.1, 0.15) is 18.1 Å². The fourth-order valence-corrected chi connectivity index (χ4v) is 5.53. The van der Waals surface area contributed by atoms with E-state index in [2.05, 4.69) is 25.8 Å². The van der Waals surface area contributed by atoms with Crippen molar-refractivity contribution in [3.63, 3.8) is 0 Å². The third-order valence-corrected chi connectivity index (χ3v) is 7.52. The summed E-state index contributed by atoms with van der Waals surface area (Å²) >= 11 is 6.23. The lowest BCUT2D eigenvalue weighted by atomic mass is 9.91. The van der Waals surface area contributed by atoms with Crippen LogP contribution in [0.25, 0.3) is 22.7 Å². The highest BCUT2D eigenvalue weighted by Crippen LogP contribution is 2.35. The van der Waals surface area contributed by atoms with Gasteiger partial charge in [-0.1, -0.05) is 41.9 Å². The summed E-state index contributed by atoms with van der Waals surface area (Å²) in [5.41, 5.74) is 3.41. The molecule has 1 aliphatic heterocycles. The molecule has 2 amide bonds. The Bertz CT molecular complexity index is 1820. The summed E-state index contributed by atoms with van der Waals surface area (Å²) < 4.78 is 1.47. The molecule has 0 saturated carbocycles. The van der Waals surface area contributed by atoms with Gasteiger partial charge in [-0.25, -0.2) is 4.79 Å². The average Bonchev–Trinajstić information content (AvgIpc) is 3.76. The first-order valence-electron chi connectivity index (χ1n) is 13.1. The lowest BCUT2D eigenvalue weighted by Gasteiger charge is -2.27. The second-order valence-corrected chi connectivity index (χ2v) is 10.3. The standard InChI is InChI=1S/C30H24ClN7O4/c31-21-7-10-26(38-17-32-35-36-38)19(14-21)6-11-27(39)37-13-12-23(18-4-2-1-3-5-18)28(37)29(40)33-22-8-9-24-20(15-22)16-25(34-24)30(41)42/h1-11,14-17,23,28,34H,12-13H2,(H,33,40)(H,41,42)/b11-6+/t23-,28+/m0/s1. The topological polar surface area (TPSA) is 146 Å².